The lowest BCUT2D eigenvalue weighted by molar-refractivity contribution is -0.128. The molecule has 3 aromatic carbocycles. The van der Waals surface area contributed by atoms with Gasteiger partial charge in [0.05, 0.1) is 18.2 Å². The number of nitrogens with zero attached hydrogens (tertiary/aromatic N) is 1. The first-order valence-electron chi connectivity index (χ1n) is 11.9. The Labute approximate surface area is 206 Å². The van der Waals surface area contributed by atoms with E-state index in [1.54, 1.807) is 0 Å². The van der Waals surface area contributed by atoms with Gasteiger partial charge in [0, 0.05) is 10.9 Å². The zero-order chi connectivity index (χ0) is 24.1. The number of rotatable bonds is 8. The molecule has 176 valence electrons. The van der Waals surface area contributed by atoms with Gasteiger partial charge in [-0.1, -0.05) is 79.2 Å². The molecular weight excluding hydrogens is 440 g/mol. The minimum absolute atomic E-state index is 0.0103. The zero-order valence-electron chi connectivity index (χ0n) is 20.0. The zero-order valence-corrected chi connectivity index (χ0v) is 20.8. The van der Waals surface area contributed by atoms with Crippen LogP contribution in [-0.4, -0.2) is 23.1 Å². The van der Waals surface area contributed by atoms with Crippen molar-refractivity contribution in [3.8, 4) is 0 Å². The summed E-state index contributed by atoms with van der Waals surface area (Å²) in [6.07, 6.45) is 1.77. The fourth-order valence-electron chi connectivity index (χ4n) is 4.21. The number of nitrogens with one attached hydrogen (secondary N) is 1. The third-order valence-corrected chi connectivity index (χ3v) is 7.81. The molecule has 0 fully saturated rings. The molecule has 0 bridgehead atoms. The van der Waals surface area contributed by atoms with Crippen molar-refractivity contribution in [2.45, 2.75) is 56.3 Å². The van der Waals surface area contributed by atoms with Gasteiger partial charge >= 0.3 is 0 Å². The molecular formula is C29H32N2O2S. The number of thioether (sulfide) groups is 1. The Hall–Kier alpha value is -3.05. The van der Waals surface area contributed by atoms with E-state index in [2.05, 4.69) is 48.6 Å². The van der Waals surface area contributed by atoms with Crippen molar-refractivity contribution in [3.63, 3.8) is 0 Å². The van der Waals surface area contributed by atoms with E-state index in [0.717, 1.165) is 29.0 Å². The predicted molar refractivity (Wildman–Crippen MR) is 140 cm³/mol. The van der Waals surface area contributed by atoms with E-state index < -0.39 is 11.2 Å². The van der Waals surface area contributed by atoms with Crippen LogP contribution in [0.1, 0.15) is 37.0 Å². The number of aryl methyl sites for hydroxylation is 2. The topological polar surface area (TPSA) is 49.4 Å². The first kappa shape index (κ1) is 24.1. The minimum Gasteiger partial charge on any atom is -0.353 e. The third kappa shape index (κ3) is 5.71. The van der Waals surface area contributed by atoms with Gasteiger partial charge in [-0.3, -0.25) is 9.59 Å². The van der Waals surface area contributed by atoms with Crippen LogP contribution in [0.3, 0.4) is 0 Å². The molecule has 34 heavy (non-hydrogen) atoms. The lowest BCUT2D eigenvalue weighted by Crippen LogP contribution is -2.48. The molecule has 1 aliphatic rings. The van der Waals surface area contributed by atoms with Crippen molar-refractivity contribution in [1.82, 2.24) is 5.32 Å². The van der Waals surface area contributed by atoms with Crippen LogP contribution in [0, 0.1) is 12.8 Å². The van der Waals surface area contributed by atoms with Crippen molar-refractivity contribution in [1.29, 1.82) is 0 Å². The minimum atomic E-state index is -0.457. The molecule has 0 saturated carbocycles. The molecule has 0 radical (unpaired) electrons. The number of para-hydroxylation sites is 1. The summed E-state index contributed by atoms with van der Waals surface area (Å²) in [5.74, 6) is -0.518. The molecule has 1 aliphatic heterocycles. The molecule has 0 saturated heterocycles. The standard InChI is InChI=1S/C29H32N2O2S/c1-20-13-16-24(17-14-20)19-31-25-11-7-8-12-26(25)34-27(29(31)33)22(3)28(32)30-21(2)15-18-23-9-5-4-6-10-23/h4-14,16-17,21-22,27H,15,18-19H2,1-3H3,(H,30,32)/t21-,22+,27-/m0/s1. The van der Waals surface area contributed by atoms with Crippen LogP contribution in [-0.2, 0) is 22.6 Å². The molecule has 3 atom stereocenters. The van der Waals surface area contributed by atoms with Crippen LogP contribution in [0.25, 0.3) is 0 Å². The summed E-state index contributed by atoms with van der Waals surface area (Å²) in [6, 6.07) is 26.5. The normalized spacial score (nSPS) is 17.1. The largest absolute Gasteiger partial charge is 0.353 e. The Morgan fingerprint density at radius 1 is 0.941 bits per heavy atom. The van der Waals surface area contributed by atoms with E-state index in [4.69, 9.17) is 0 Å². The highest BCUT2D eigenvalue weighted by molar-refractivity contribution is 8.01. The van der Waals surface area contributed by atoms with Gasteiger partial charge in [-0.15, -0.1) is 11.8 Å². The lowest BCUT2D eigenvalue weighted by Gasteiger charge is -2.36. The number of anilines is 1. The van der Waals surface area contributed by atoms with E-state index in [1.807, 2.05) is 61.2 Å². The fourth-order valence-corrected chi connectivity index (χ4v) is 5.49. The maximum atomic E-state index is 13.6. The van der Waals surface area contributed by atoms with Crippen LogP contribution in [0.4, 0.5) is 5.69 Å². The Morgan fingerprint density at radius 3 is 2.35 bits per heavy atom. The van der Waals surface area contributed by atoms with Crippen LogP contribution in [0.5, 0.6) is 0 Å². The highest BCUT2D eigenvalue weighted by atomic mass is 32.2. The molecule has 3 aromatic rings. The number of carbonyl (C=O) groups is 2. The first-order chi connectivity index (χ1) is 16.4. The molecule has 0 aliphatic carbocycles. The number of hydrogen-bond donors (Lipinski definition) is 1. The van der Waals surface area contributed by atoms with Crippen LogP contribution in [0.15, 0.2) is 83.8 Å². The summed E-state index contributed by atoms with van der Waals surface area (Å²) in [5.41, 5.74) is 4.44. The van der Waals surface area contributed by atoms with Crippen molar-refractivity contribution in [2.75, 3.05) is 4.90 Å². The van der Waals surface area contributed by atoms with Crippen molar-refractivity contribution < 1.29 is 9.59 Å². The van der Waals surface area contributed by atoms with E-state index in [1.165, 1.54) is 22.9 Å². The highest BCUT2D eigenvalue weighted by Gasteiger charge is 2.39. The maximum Gasteiger partial charge on any atom is 0.241 e. The second-order valence-electron chi connectivity index (χ2n) is 9.14. The SMILES string of the molecule is Cc1ccc(CN2C(=O)[C@H]([C@@H](C)C(=O)N[C@@H](C)CCc3ccccc3)Sc3ccccc32)cc1. The molecule has 0 unspecified atom stereocenters. The number of fused-ring (bicyclic) bond motifs is 1. The molecule has 0 spiro atoms. The summed E-state index contributed by atoms with van der Waals surface area (Å²) in [6.45, 7) is 6.45. The summed E-state index contributed by atoms with van der Waals surface area (Å²) >= 11 is 1.50. The molecule has 4 rings (SSSR count). The van der Waals surface area contributed by atoms with E-state index in [9.17, 15) is 9.59 Å². The summed E-state index contributed by atoms with van der Waals surface area (Å²) < 4.78 is 0. The predicted octanol–water partition coefficient (Wildman–Crippen LogP) is 5.78. The van der Waals surface area contributed by atoms with Crippen molar-refractivity contribution in [2.24, 2.45) is 5.92 Å². The van der Waals surface area contributed by atoms with Crippen LogP contribution in [0.2, 0.25) is 0 Å². The number of benzene rings is 3. The number of carbonyl (C=O) groups excluding carboxylic acids is 2. The molecule has 1 heterocycles. The summed E-state index contributed by atoms with van der Waals surface area (Å²) in [5, 5.41) is 2.68. The lowest BCUT2D eigenvalue weighted by atomic mass is 10.0. The van der Waals surface area contributed by atoms with Gasteiger partial charge in [0.2, 0.25) is 11.8 Å². The van der Waals surface area contributed by atoms with Gasteiger partial charge in [0.1, 0.15) is 5.25 Å². The van der Waals surface area contributed by atoms with Gasteiger partial charge in [0.15, 0.2) is 0 Å². The second kappa shape index (κ2) is 10.9. The fraction of sp³-hybridized carbons (Fsp3) is 0.310. The molecule has 1 N–H and O–H groups in total. The van der Waals surface area contributed by atoms with Gasteiger partial charge < -0.3 is 10.2 Å². The summed E-state index contributed by atoms with van der Waals surface area (Å²) in [4.78, 5) is 29.6. The Balaban J connectivity index is 1.45. The van der Waals surface area contributed by atoms with E-state index >= 15 is 0 Å². The smallest absolute Gasteiger partial charge is 0.241 e. The van der Waals surface area contributed by atoms with Gasteiger partial charge in [-0.25, -0.2) is 0 Å². The van der Waals surface area contributed by atoms with E-state index in [0.29, 0.717) is 6.54 Å². The van der Waals surface area contributed by atoms with Gasteiger partial charge in [0.25, 0.3) is 0 Å². The van der Waals surface area contributed by atoms with Crippen LogP contribution < -0.4 is 10.2 Å². The Kier molecular flexibility index (Phi) is 7.73. The quantitative estimate of drug-likeness (QED) is 0.452. The van der Waals surface area contributed by atoms with Gasteiger partial charge in [-0.05, 0) is 49.9 Å². The molecule has 2 amide bonds. The van der Waals surface area contributed by atoms with Crippen LogP contribution >= 0.6 is 11.8 Å². The molecule has 0 aromatic heterocycles. The van der Waals surface area contributed by atoms with Crippen molar-refractivity contribution in [3.05, 3.63) is 95.6 Å². The summed E-state index contributed by atoms with van der Waals surface area (Å²) in [7, 11) is 0. The maximum absolute atomic E-state index is 13.6. The Bertz CT molecular complexity index is 1130. The molecule has 4 nitrogen and oxygen atoms in total. The van der Waals surface area contributed by atoms with Gasteiger partial charge in [-0.2, -0.15) is 0 Å². The first-order valence-corrected chi connectivity index (χ1v) is 12.8. The third-order valence-electron chi connectivity index (χ3n) is 6.35. The second-order valence-corrected chi connectivity index (χ2v) is 10.3. The van der Waals surface area contributed by atoms with Crippen molar-refractivity contribution >= 4 is 29.3 Å². The Morgan fingerprint density at radius 2 is 1.62 bits per heavy atom. The van der Waals surface area contributed by atoms with E-state index in [-0.39, 0.29) is 17.9 Å². The highest BCUT2D eigenvalue weighted by Crippen LogP contribution is 2.42. The number of hydrogen-bond acceptors (Lipinski definition) is 3. The average molecular weight is 473 g/mol. The molecule has 5 heteroatoms. The number of amides is 2. The monoisotopic (exact) mass is 472 g/mol. The average Bonchev–Trinajstić information content (AvgIpc) is 2.85.